The van der Waals surface area contributed by atoms with Crippen LogP contribution in [0.15, 0.2) is 39.9 Å². The number of amides is 1. The molecule has 1 amide bonds. The molecule has 20 heavy (non-hydrogen) atoms. The van der Waals surface area contributed by atoms with Gasteiger partial charge in [-0.2, -0.15) is 11.3 Å². The molecule has 0 radical (unpaired) electrons. The number of carbonyl (C=O) groups excluding carboxylic acids is 1. The lowest BCUT2D eigenvalue weighted by Gasteiger charge is -2.06. The van der Waals surface area contributed by atoms with Crippen LogP contribution in [0.5, 0.6) is 0 Å². The molecule has 106 valence electrons. The fourth-order valence-corrected chi connectivity index (χ4v) is 3.01. The summed E-state index contributed by atoms with van der Waals surface area (Å²) in [6.45, 7) is 2.21. The van der Waals surface area contributed by atoms with Crippen molar-refractivity contribution in [3.05, 3.63) is 51.7 Å². The van der Waals surface area contributed by atoms with Gasteiger partial charge in [-0.15, -0.1) is 0 Å². The molecule has 0 saturated heterocycles. The second kappa shape index (κ2) is 5.74. The smallest absolute Gasteiger partial charge is 0.252 e. The van der Waals surface area contributed by atoms with Gasteiger partial charge in [-0.05, 0) is 35.6 Å². The Kier molecular flexibility index (Phi) is 4.22. The van der Waals surface area contributed by atoms with E-state index in [0.29, 0.717) is 12.1 Å². The molecule has 7 heteroatoms. The van der Waals surface area contributed by atoms with Crippen LogP contribution in [0.2, 0.25) is 0 Å². The zero-order valence-corrected chi connectivity index (χ0v) is 12.4. The van der Waals surface area contributed by atoms with Crippen LogP contribution < -0.4 is 10.5 Å². The maximum atomic E-state index is 11.9. The number of rotatable bonds is 4. The van der Waals surface area contributed by atoms with E-state index in [-0.39, 0.29) is 10.8 Å². The van der Waals surface area contributed by atoms with Gasteiger partial charge in [-0.1, -0.05) is 12.1 Å². The lowest BCUT2D eigenvalue weighted by atomic mass is 10.2. The van der Waals surface area contributed by atoms with Crippen molar-refractivity contribution in [2.45, 2.75) is 18.4 Å². The fourth-order valence-electron chi connectivity index (χ4n) is 1.67. The first-order chi connectivity index (χ1) is 9.38. The maximum absolute atomic E-state index is 11.9. The zero-order chi connectivity index (χ0) is 14.8. The number of aryl methyl sites for hydroxylation is 1. The average molecular weight is 310 g/mol. The van der Waals surface area contributed by atoms with Crippen LogP contribution in [0.3, 0.4) is 0 Å². The van der Waals surface area contributed by atoms with Gasteiger partial charge < -0.3 is 5.32 Å². The molecule has 1 aromatic heterocycles. The Morgan fingerprint density at radius 3 is 2.40 bits per heavy atom. The van der Waals surface area contributed by atoms with Crippen LogP contribution in [-0.2, 0) is 16.6 Å². The monoisotopic (exact) mass is 310 g/mol. The third kappa shape index (κ3) is 3.44. The number of primary sulfonamides is 1. The molecule has 0 spiro atoms. The molecule has 5 nitrogen and oxygen atoms in total. The first-order valence-corrected chi connectivity index (χ1v) is 8.29. The summed E-state index contributed by atoms with van der Waals surface area (Å²) in [5, 5.41) is 11.5. The van der Waals surface area contributed by atoms with Crippen molar-refractivity contribution in [3.63, 3.8) is 0 Å². The molecule has 0 saturated carbocycles. The molecule has 1 aromatic carbocycles. The predicted molar refractivity (Wildman–Crippen MR) is 78.0 cm³/mol. The van der Waals surface area contributed by atoms with Crippen molar-refractivity contribution < 1.29 is 13.2 Å². The molecule has 0 fully saturated rings. The lowest BCUT2D eigenvalue weighted by Crippen LogP contribution is -2.23. The summed E-state index contributed by atoms with van der Waals surface area (Å²) in [5.74, 6) is -0.140. The summed E-state index contributed by atoms with van der Waals surface area (Å²) in [5.41, 5.74) is 2.41. The SMILES string of the molecule is Cc1cscc1C(=O)NCc1ccc(S(N)(=O)=O)cc1. The van der Waals surface area contributed by atoms with Gasteiger partial charge in [-0.3, -0.25) is 4.79 Å². The van der Waals surface area contributed by atoms with Crippen LogP contribution >= 0.6 is 11.3 Å². The standard InChI is InChI=1S/C13H14N2O3S2/c1-9-7-19-8-12(9)13(16)15-6-10-2-4-11(5-3-10)20(14,17)18/h2-5,7-8H,6H2,1H3,(H,15,16)(H2,14,17,18). The van der Waals surface area contributed by atoms with Crippen LogP contribution in [-0.4, -0.2) is 14.3 Å². The molecule has 0 atom stereocenters. The Labute approximate surface area is 121 Å². The Balaban J connectivity index is 2.02. The predicted octanol–water partition coefficient (Wildman–Crippen LogP) is 1.63. The van der Waals surface area contributed by atoms with E-state index in [0.717, 1.165) is 11.1 Å². The minimum absolute atomic E-state index is 0.0567. The molecule has 0 unspecified atom stereocenters. The third-order valence-corrected chi connectivity index (χ3v) is 4.60. The first-order valence-electron chi connectivity index (χ1n) is 5.80. The van der Waals surface area contributed by atoms with Crippen LogP contribution in [0, 0.1) is 6.92 Å². The van der Waals surface area contributed by atoms with Crippen LogP contribution in [0.25, 0.3) is 0 Å². The fraction of sp³-hybridized carbons (Fsp3) is 0.154. The van der Waals surface area contributed by atoms with Gasteiger partial charge in [-0.25, -0.2) is 13.6 Å². The van der Waals surface area contributed by atoms with Gasteiger partial charge in [0.2, 0.25) is 10.0 Å². The second-order valence-corrected chi connectivity index (χ2v) is 6.65. The van der Waals surface area contributed by atoms with Gasteiger partial charge in [0.05, 0.1) is 10.5 Å². The Morgan fingerprint density at radius 2 is 1.90 bits per heavy atom. The first kappa shape index (κ1) is 14.7. The zero-order valence-electron chi connectivity index (χ0n) is 10.8. The topological polar surface area (TPSA) is 89.3 Å². The van der Waals surface area contributed by atoms with E-state index in [4.69, 9.17) is 5.14 Å². The number of hydrogen-bond donors (Lipinski definition) is 2. The molecular weight excluding hydrogens is 296 g/mol. The lowest BCUT2D eigenvalue weighted by molar-refractivity contribution is 0.0951. The Morgan fingerprint density at radius 1 is 1.25 bits per heavy atom. The minimum atomic E-state index is -3.68. The minimum Gasteiger partial charge on any atom is -0.348 e. The van der Waals surface area contributed by atoms with E-state index in [1.807, 2.05) is 12.3 Å². The summed E-state index contributed by atoms with van der Waals surface area (Å²) in [4.78, 5) is 12.0. The highest BCUT2D eigenvalue weighted by atomic mass is 32.2. The maximum Gasteiger partial charge on any atom is 0.252 e. The Bertz CT molecular complexity index is 718. The molecule has 1 heterocycles. The number of benzene rings is 1. The van der Waals surface area contributed by atoms with E-state index in [1.165, 1.54) is 23.5 Å². The molecule has 2 rings (SSSR count). The molecular formula is C13H14N2O3S2. The summed E-state index contributed by atoms with van der Waals surface area (Å²) >= 11 is 1.48. The van der Waals surface area contributed by atoms with Crippen molar-refractivity contribution >= 4 is 27.3 Å². The van der Waals surface area contributed by atoms with Gasteiger partial charge >= 0.3 is 0 Å². The Hall–Kier alpha value is -1.70. The molecule has 3 N–H and O–H groups in total. The van der Waals surface area contributed by atoms with Crippen molar-refractivity contribution in [2.75, 3.05) is 0 Å². The number of carbonyl (C=O) groups is 1. The normalized spacial score (nSPS) is 11.3. The largest absolute Gasteiger partial charge is 0.348 e. The summed E-state index contributed by atoms with van der Waals surface area (Å²) in [6.07, 6.45) is 0. The van der Waals surface area contributed by atoms with Crippen molar-refractivity contribution in [2.24, 2.45) is 5.14 Å². The highest BCUT2D eigenvalue weighted by Crippen LogP contribution is 2.14. The van der Waals surface area contributed by atoms with Crippen molar-refractivity contribution in [1.29, 1.82) is 0 Å². The van der Waals surface area contributed by atoms with Crippen LogP contribution in [0.4, 0.5) is 0 Å². The quantitative estimate of drug-likeness (QED) is 0.899. The number of thiophene rings is 1. The molecule has 0 aliphatic rings. The molecule has 0 aliphatic heterocycles. The van der Waals surface area contributed by atoms with Gasteiger partial charge in [0.1, 0.15) is 0 Å². The van der Waals surface area contributed by atoms with Crippen molar-refractivity contribution in [3.8, 4) is 0 Å². The summed E-state index contributed by atoms with van der Waals surface area (Å²) in [7, 11) is -3.68. The van der Waals surface area contributed by atoms with Crippen LogP contribution in [0.1, 0.15) is 21.5 Å². The van der Waals surface area contributed by atoms with E-state index < -0.39 is 10.0 Å². The number of hydrogen-bond acceptors (Lipinski definition) is 4. The molecule has 0 bridgehead atoms. The average Bonchev–Trinajstić information content (AvgIpc) is 2.82. The number of sulfonamides is 1. The van der Waals surface area contributed by atoms with E-state index in [1.54, 1.807) is 17.5 Å². The van der Waals surface area contributed by atoms with Gasteiger partial charge in [0.15, 0.2) is 0 Å². The molecule has 2 aromatic rings. The summed E-state index contributed by atoms with van der Waals surface area (Å²) in [6, 6.07) is 6.10. The molecule has 0 aliphatic carbocycles. The third-order valence-electron chi connectivity index (χ3n) is 2.81. The van der Waals surface area contributed by atoms with E-state index in [2.05, 4.69) is 5.32 Å². The second-order valence-electron chi connectivity index (χ2n) is 4.34. The van der Waals surface area contributed by atoms with E-state index in [9.17, 15) is 13.2 Å². The number of nitrogens with one attached hydrogen (secondary N) is 1. The van der Waals surface area contributed by atoms with Crippen molar-refractivity contribution in [1.82, 2.24) is 5.32 Å². The highest BCUT2D eigenvalue weighted by molar-refractivity contribution is 7.89. The highest BCUT2D eigenvalue weighted by Gasteiger charge is 2.10. The number of nitrogens with two attached hydrogens (primary N) is 1. The van der Waals surface area contributed by atoms with Gasteiger partial charge in [0.25, 0.3) is 5.91 Å². The van der Waals surface area contributed by atoms with E-state index >= 15 is 0 Å². The van der Waals surface area contributed by atoms with Gasteiger partial charge in [0, 0.05) is 11.9 Å². The summed E-state index contributed by atoms with van der Waals surface area (Å²) < 4.78 is 22.2.